The summed E-state index contributed by atoms with van der Waals surface area (Å²) >= 11 is 0. The van der Waals surface area contributed by atoms with Crippen molar-refractivity contribution >= 4 is 5.82 Å². The van der Waals surface area contributed by atoms with E-state index in [1.807, 2.05) is 13.0 Å². The summed E-state index contributed by atoms with van der Waals surface area (Å²) in [7, 11) is 0. The van der Waals surface area contributed by atoms with Crippen LogP contribution in [0.5, 0.6) is 0 Å². The average molecular weight is 293 g/mol. The number of nitrogens with one attached hydrogen (secondary N) is 1. The highest BCUT2D eigenvalue weighted by molar-refractivity contribution is 5.35. The lowest BCUT2D eigenvalue weighted by molar-refractivity contribution is 0.195. The highest BCUT2D eigenvalue weighted by atomic mass is 16.3. The molecule has 2 N–H and O–H groups in total. The first kappa shape index (κ1) is 16.1. The van der Waals surface area contributed by atoms with Crippen LogP contribution in [0.4, 0.5) is 5.82 Å². The lowest BCUT2D eigenvalue weighted by atomic mass is 10.3. The Hall–Kier alpha value is -1.24. The van der Waals surface area contributed by atoms with Crippen LogP contribution in [0.3, 0.4) is 0 Å². The van der Waals surface area contributed by atoms with Gasteiger partial charge in [0, 0.05) is 37.9 Å². The topological polar surface area (TPSA) is 64.5 Å². The predicted octanol–water partition coefficient (Wildman–Crippen LogP) is 0.717. The Morgan fingerprint density at radius 3 is 2.71 bits per heavy atom. The second kappa shape index (κ2) is 8.26. The van der Waals surface area contributed by atoms with Crippen molar-refractivity contribution in [3.8, 4) is 0 Å². The molecule has 2 rings (SSSR count). The molecule has 0 unspecified atom stereocenters. The van der Waals surface area contributed by atoms with Crippen LogP contribution in [0.25, 0.3) is 0 Å². The van der Waals surface area contributed by atoms with Crippen molar-refractivity contribution < 1.29 is 5.11 Å². The largest absolute Gasteiger partial charge is 0.395 e. The van der Waals surface area contributed by atoms with E-state index >= 15 is 0 Å². The van der Waals surface area contributed by atoms with E-state index in [4.69, 9.17) is 5.11 Å². The average Bonchev–Trinajstić information content (AvgIpc) is 2.65. The summed E-state index contributed by atoms with van der Waals surface area (Å²) in [6.07, 6.45) is 1.13. The van der Waals surface area contributed by atoms with Crippen LogP contribution >= 0.6 is 0 Å². The molecule has 0 bridgehead atoms. The summed E-state index contributed by atoms with van der Waals surface area (Å²) in [5.41, 5.74) is 1.01. The highest BCUT2D eigenvalue weighted by Gasteiger charge is 2.15. The summed E-state index contributed by atoms with van der Waals surface area (Å²) in [4.78, 5) is 13.9. The van der Waals surface area contributed by atoms with E-state index in [2.05, 4.69) is 32.0 Å². The molecule has 0 amide bonds. The van der Waals surface area contributed by atoms with Gasteiger partial charge in [0.15, 0.2) is 0 Å². The maximum absolute atomic E-state index is 9.04. The fraction of sp³-hybridized carbons (Fsp3) is 0.733. The quantitative estimate of drug-likeness (QED) is 0.806. The minimum Gasteiger partial charge on any atom is -0.395 e. The summed E-state index contributed by atoms with van der Waals surface area (Å²) < 4.78 is 0. The number of aryl methyl sites for hydroxylation is 1. The van der Waals surface area contributed by atoms with E-state index in [9.17, 15) is 0 Å². The van der Waals surface area contributed by atoms with Gasteiger partial charge in [0.25, 0.3) is 0 Å². The van der Waals surface area contributed by atoms with Gasteiger partial charge in [-0.2, -0.15) is 0 Å². The predicted molar refractivity (Wildman–Crippen MR) is 84.4 cm³/mol. The van der Waals surface area contributed by atoms with Gasteiger partial charge in [-0.3, -0.25) is 9.80 Å². The zero-order valence-electron chi connectivity index (χ0n) is 13.2. The van der Waals surface area contributed by atoms with E-state index in [0.717, 1.165) is 69.6 Å². The van der Waals surface area contributed by atoms with Crippen LogP contribution in [0, 0.1) is 6.92 Å². The van der Waals surface area contributed by atoms with Crippen LogP contribution in [0.15, 0.2) is 6.07 Å². The molecule has 1 aliphatic heterocycles. The Morgan fingerprint density at radius 1 is 1.19 bits per heavy atom. The zero-order valence-corrected chi connectivity index (χ0v) is 13.2. The third-order valence-electron chi connectivity index (χ3n) is 3.72. The molecular formula is C15H27N5O. The van der Waals surface area contributed by atoms with Crippen LogP contribution in [0.2, 0.25) is 0 Å². The summed E-state index contributed by atoms with van der Waals surface area (Å²) in [6, 6.07) is 1.98. The van der Waals surface area contributed by atoms with E-state index in [0.29, 0.717) is 0 Å². The number of nitrogens with zero attached hydrogens (tertiary/aromatic N) is 4. The Labute approximate surface area is 127 Å². The molecule has 2 heterocycles. The van der Waals surface area contributed by atoms with Crippen LogP contribution in [0.1, 0.15) is 24.9 Å². The summed E-state index contributed by atoms with van der Waals surface area (Å²) in [6.45, 7) is 10.9. The number of aliphatic hydroxyl groups excluding tert-OH is 1. The number of hydrogen-bond acceptors (Lipinski definition) is 6. The second-order valence-corrected chi connectivity index (χ2v) is 5.54. The number of aliphatic hydroxyl groups is 1. The molecule has 1 aliphatic rings. The third kappa shape index (κ3) is 5.22. The van der Waals surface area contributed by atoms with E-state index in [1.165, 1.54) is 0 Å². The first-order valence-electron chi connectivity index (χ1n) is 7.85. The number of rotatable bonds is 6. The standard InChI is InChI=1S/C15H27N5O/c1-3-16-14-11-13(2)17-15(18-14)12-20-6-4-5-19(7-8-20)9-10-21/h11,21H,3-10,12H2,1-2H3,(H,16,17,18). The van der Waals surface area contributed by atoms with E-state index < -0.39 is 0 Å². The zero-order chi connectivity index (χ0) is 15.1. The first-order chi connectivity index (χ1) is 10.2. The maximum atomic E-state index is 9.04. The SMILES string of the molecule is CCNc1cc(C)nc(CN2CCCN(CCO)CC2)n1. The monoisotopic (exact) mass is 293 g/mol. The molecule has 6 nitrogen and oxygen atoms in total. The van der Waals surface area contributed by atoms with E-state index in [1.54, 1.807) is 0 Å². The van der Waals surface area contributed by atoms with Gasteiger partial charge in [0.2, 0.25) is 0 Å². The van der Waals surface area contributed by atoms with E-state index in [-0.39, 0.29) is 6.61 Å². The molecule has 1 fully saturated rings. The van der Waals surface area contributed by atoms with Crippen molar-refractivity contribution in [2.45, 2.75) is 26.8 Å². The molecule has 21 heavy (non-hydrogen) atoms. The van der Waals surface area contributed by atoms with Gasteiger partial charge in [-0.1, -0.05) is 0 Å². The normalized spacial score (nSPS) is 17.7. The first-order valence-corrected chi connectivity index (χ1v) is 7.85. The smallest absolute Gasteiger partial charge is 0.144 e. The van der Waals surface area contributed by atoms with Gasteiger partial charge in [-0.25, -0.2) is 9.97 Å². The third-order valence-corrected chi connectivity index (χ3v) is 3.72. The van der Waals surface area contributed by atoms with Crippen molar-refractivity contribution in [1.29, 1.82) is 0 Å². The van der Waals surface area contributed by atoms with Crippen molar-refractivity contribution in [1.82, 2.24) is 19.8 Å². The van der Waals surface area contributed by atoms with Crippen LogP contribution in [-0.4, -0.2) is 70.7 Å². The van der Waals surface area contributed by atoms with Crippen molar-refractivity contribution in [2.24, 2.45) is 0 Å². The molecule has 1 aromatic rings. The molecule has 0 spiro atoms. The summed E-state index contributed by atoms with van der Waals surface area (Å²) in [5, 5.41) is 12.3. The molecule has 0 atom stereocenters. The van der Waals surface area contributed by atoms with Crippen LogP contribution in [-0.2, 0) is 6.54 Å². The minimum atomic E-state index is 0.243. The van der Waals surface area contributed by atoms with Gasteiger partial charge in [0.1, 0.15) is 11.6 Å². The van der Waals surface area contributed by atoms with Crippen molar-refractivity contribution in [3.05, 3.63) is 17.6 Å². The molecular weight excluding hydrogens is 266 g/mol. The number of β-amino-alcohol motifs (C(OH)–C–C–N with tert-alkyl or cyclic N) is 1. The fourth-order valence-corrected chi connectivity index (χ4v) is 2.72. The Kier molecular flexibility index (Phi) is 6.35. The highest BCUT2D eigenvalue weighted by Crippen LogP contribution is 2.10. The Balaban J connectivity index is 1.94. The molecule has 0 aliphatic carbocycles. The fourth-order valence-electron chi connectivity index (χ4n) is 2.72. The van der Waals surface area contributed by atoms with Gasteiger partial charge >= 0.3 is 0 Å². The number of aromatic nitrogens is 2. The lowest BCUT2D eigenvalue weighted by Gasteiger charge is -2.20. The van der Waals surface area contributed by atoms with Crippen molar-refractivity contribution in [3.63, 3.8) is 0 Å². The minimum absolute atomic E-state index is 0.243. The van der Waals surface area contributed by atoms with Crippen molar-refractivity contribution in [2.75, 3.05) is 51.2 Å². The second-order valence-electron chi connectivity index (χ2n) is 5.54. The summed E-state index contributed by atoms with van der Waals surface area (Å²) in [5.74, 6) is 1.80. The molecule has 0 saturated carbocycles. The molecule has 1 aromatic heterocycles. The van der Waals surface area contributed by atoms with Gasteiger partial charge < -0.3 is 10.4 Å². The maximum Gasteiger partial charge on any atom is 0.144 e. The molecule has 118 valence electrons. The Bertz CT molecular complexity index is 440. The molecule has 0 radical (unpaired) electrons. The number of anilines is 1. The molecule has 6 heteroatoms. The van der Waals surface area contributed by atoms with Crippen LogP contribution < -0.4 is 5.32 Å². The Morgan fingerprint density at radius 2 is 1.95 bits per heavy atom. The van der Waals surface area contributed by atoms with Gasteiger partial charge in [-0.05, 0) is 33.4 Å². The van der Waals surface area contributed by atoms with Gasteiger partial charge in [0.05, 0.1) is 13.2 Å². The lowest BCUT2D eigenvalue weighted by Crippen LogP contribution is -2.32. The molecule has 1 saturated heterocycles. The number of hydrogen-bond donors (Lipinski definition) is 2. The van der Waals surface area contributed by atoms with Gasteiger partial charge in [-0.15, -0.1) is 0 Å². The molecule has 0 aromatic carbocycles.